The molecule has 0 unspecified atom stereocenters. The van der Waals surface area contributed by atoms with Crippen LogP contribution in [0, 0.1) is 5.92 Å². The number of likely N-dealkylation sites (tertiary alicyclic amines) is 1. The molecule has 138 valence electrons. The van der Waals surface area contributed by atoms with Crippen LogP contribution in [0.4, 0.5) is 5.69 Å². The van der Waals surface area contributed by atoms with E-state index in [0.717, 1.165) is 50.2 Å². The molecule has 1 aromatic carbocycles. The number of pyridine rings is 1. The molecule has 2 aliphatic heterocycles. The molecule has 3 heterocycles. The summed E-state index contributed by atoms with van der Waals surface area (Å²) >= 11 is 6.31. The number of nitrogen functional groups attached to an aromatic ring is 1. The van der Waals surface area contributed by atoms with Crippen molar-refractivity contribution >= 4 is 17.3 Å². The lowest BCUT2D eigenvalue weighted by atomic mass is 9.89. The minimum atomic E-state index is 0.483. The van der Waals surface area contributed by atoms with E-state index in [4.69, 9.17) is 26.8 Å². The molecule has 0 aliphatic carbocycles. The van der Waals surface area contributed by atoms with Gasteiger partial charge in [-0.3, -0.25) is 9.88 Å². The first-order valence-corrected chi connectivity index (χ1v) is 9.56. The van der Waals surface area contributed by atoms with Crippen LogP contribution in [0.15, 0.2) is 30.6 Å². The number of halogens is 1. The van der Waals surface area contributed by atoms with Crippen LogP contribution in [-0.4, -0.2) is 36.2 Å². The molecule has 5 nitrogen and oxygen atoms in total. The van der Waals surface area contributed by atoms with Gasteiger partial charge in [-0.25, -0.2) is 0 Å². The van der Waals surface area contributed by atoms with Crippen LogP contribution in [0.5, 0.6) is 11.5 Å². The Labute approximate surface area is 159 Å². The second-order valence-electron chi connectivity index (χ2n) is 7.07. The van der Waals surface area contributed by atoms with Gasteiger partial charge in [0.25, 0.3) is 0 Å². The van der Waals surface area contributed by atoms with Crippen molar-refractivity contribution in [2.24, 2.45) is 5.92 Å². The predicted molar refractivity (Wildman–Crippen MR) is 103 cm³/mol. The zero-order chi connectivity index (χ0) is 17.9. The van der Waals surface area contributed by atoms with Gasteiger partial charge >= 0.3 is 0 Å². The highest BCUT2D eigenvalue weighted by atomic mass is 35.5. The molecule has 0 radical (unpaired) electrons. The Hall–Kier alpha value is -1.98. The Kier molecular flexibility index (Phi) is 5.18. The number of ether oxygens (including phenoxy) is 2. The van der Waals surface area contributed by atoms with E-state index in [-0.39, 0.29) is 0 Å². The normalized spacial score (nSPS) is 18.0. The molecule has 6 heteroatoms. The van der Waals surface area contributed by atoms with E-state index >= 15 is 0 Å². The van der Waals surface area contributed by atoms with Crippen molar-refractivity contribution < 1.29 is 9.47 Å². The Morgan fingerprint density at radius 2 is 1.96 bits per heavy atom. The van der Waals surface area contributed by atoms with Gasteiger partial charge in [0.2, 0.25) is 0 Å². The van der Waals surface area contributed by atoms with Crippen LogP contribution in [0.3, 0.4) is 0 Å². The summed E-state index contributed by atoms with van der Waals surface area (Å²) in [6.07, 6.45) is 7.05. The molecule has 1 fully saturated rings. The summed E-state index contributed by atoms with van der Waals surface area (Å²) in [4.78, 5) is 6.70. The summed E-state index contributed by atoms with van der Waals surface area (Å²) in [5.74, 6) is 2.03. The molecule has 0 bridgehead atoms. The van der Waals surface area contributed by atoms with E-state index in [1.807, 2.05) is 24.5 Å². The number of nitrogens with zero attached hydrogens (tertiary/aromatic N) is 2. The van der Waals surface area contributed by atoms with Gasteiger partial charge in [-0.05, 0) is 61.5 Å². The number of fused-ring (bicyclic) bond motifs is 1. The van der Waals surface area contributed by atoms with Crippen molar-refractivity contribution in [2.75, 3.05) is 32.0 Å². The van der Waals surface area contributed by atoms with E-state index in [1.54, 1.807) is 0 Å². The number of nitrogens with two attached hydrogens (primary N) is 1. The molecule has 0 atom stereocenters. The summed E-state index contributed by atoms with van der Waals surface area (Å²) in [5, 5.41) is 0.554. The van der Waals surface area contributed by atoms with Crippen LogP contribution in [0.2, 0.25) is 5.02 Å². The largest absolute Gasteiger partial charge is 0.486 e. The Bertz CT molecular complexity index is 761. The zero-order valence-corrected chi connectivity index (χ0v) is 15.5. The number of anilines is 1. The smallest absolute Gasteiger partial charge is 0.186 e. The topological polar surface area (TPSA) is 60.6 Å². The van der Waals surface area contributed by atoms with Gasteiger partial charge in [-0.2, -0.15) is 0 Å². The molecule has 0 saturated carbocycles. The summed E-state index contributed by atoms with van der Waals surface area (Å²) in [6.45, 7) is 4.25. The molecule has 2 aliphatic rings. The lowest BCUT2D eigenvalue weighted by molar-refractivity contribution is 0.164. The summed E-state index contributed by atoms with van der Waals surface area (Å²) in [6, 6.07) is 6.09. The van der Waals surface area contributed by atoms with Gasteiger partial charge < -0.3 is 15.2 Å². The number of piperidine rings is 1. The third kappa shape index (κ3) is 3.74. The quantitative estimate of drug-likeness (QED) is 0.830. The standard InChI is InChI=1S/C20H24ClN3O2/c21-17-11-16(19-20(18(17)22)26-9-8-25-19)10-14-3-6-24(7-4-14)13-15-2-1-5-23-12-15/h1-2,5,11-12,14H,3-4,6-10,13,22H2. The number of aromatic nitrogens is 1. The van der Waals surface area contributed by atoms with Gasteiger partial charge in [-0.15, -0.1) is 0 Å². The molecule has 1 aromatic heterocycles. The van der Waals surface area contributed by atoms with Gasteiger partial charge in [0, 0.05) is 18.9 Å². The average molecular weight is 374 g/mol. The Balaban J connectivity index is 1.40. The lowest BCUT2D eigenvalue weighted by Gasteiger charge is -2.32. The minimum Gasteiger partial charge on any atom is -0.486 e. The molecule has 4 rings (SSSR count). The zero-order valence-electron chi connectivity index (χ0n) is 14.8. The number of hydrogen-bond acceptors (Lipinski definition) is 5. The minimum absolute atomic E-state index is 0.483. The van der Waals surface area contributed by atoms with Crippen LogP contribution in [-0.2, 0) is 13.0 Å². The number of hydrogen-bond donors (Lipinski definition) is 1. The molecule has 0 spiro atoms. The van der Waals surface area contributed by atoms with Gasteiger partial charge in [0.1, 0.15) is 13.2 Å². The monoisotopic (exact) mass is 373 g/mol. The van der Waals surface area contributed by atoms with E-state index in [1.165, 1.54) is 5.56 Å². The van der Waals surface area contributed by atoms with Crippen LogP contribution in [0.1, 0.15) is 24.0 Å². The Morgan fingerprint density at radius 3 is 2.69 bits per heavy atom. The van der Waals surface area contributed by atoms with Crippen molar-refractivity contribution in [2.45, 2.75) is 25.8 Å². The second kappa shape index (κ2) is 7.72. The fourth-order valence-corrected chi connectivity index (χ4v) is 4.04. The Morgan fingerprint density at radius 1 is 1.19 bits per heavy atom. The maximum absolute atomic E-state index is 6.31. The van der Waals surface area contributed by atoms with Gasteiger partial charge in [0.15, 0.2) is 11.5 Å². The first kappa shape index (κ1) is 17.4. The maximum atomic E-state index is 6.31. The highest BCUT2D eigenvalue weighted by Gasteiger charge is 2.25. The molecular weight excluding hydrogens is 350 g/mol. The highest BCUT2D eigenvalue weighted by molar-refractivity contribution is 6.33. The fraction of sp³-hybridized carbons (Fsp3) is 0.450. The predicted octanol–water partition coefficient (Wildman–Crippen LogP) is 3.54. The summed E-state index contributed by atoms with van der Waals surface area (Å²) in [7, 11) is 0. The van der Waals surface area contributed by atoms with Crippen LogP contribution >= 0.6 is 11.6 Å². The maximum Gasteiger partial charge on any atom is 0.186 e. The van der Waals surface area contributed by atoms with E-state index < -0.39 is 0 Å². The van der Waals surface area contributed by atoms with E-state index in [2.05, 4.69) is 16.0 Å². The molecular formula is C20H24ClN3O2. The highest BCUT2D eigenvalue weighted by Crippen LogP contribution is 2.44. The van der Waals surface area contributed by atoms with E-state index in [9.17, 15) is 0 Å². The van der Waals surface area contributed by atoms with Crippen molar-refractivity contribution in [3.05, 3.63) is 46.7 Å². The summed E-state index contributed by atoms with van der Waals surface area (Å²) < 4.78 is 11.6. The van der Waals surface area contributed by atoms with Crippen molar-refractivity contribution in [1.29, 1.82) is 0 Å². The van der Waals surface area contributed by atoms with Crippen molar-refractivity contribution in [3.8, 4) is 11.5 Å². The third-order valence-corrected chi connectivity index (χ3v) is 5.53. The van der Waals surface area contributed by atoms with Gasteiger partial charge in [0.05, 0.1) is 10.7 Å². The molecule has 2 N–H and O–H groups in total. The summed E-state index contributed by atoms with van der Waals surface area (Å²) in [5.41, 5.74) is 8.92. The van der Waals surface area contributed by atoms with E-state index in [0.29, 0.717) is 35.6 Å². The van der Waals surface area contributed by atoms with Crippen LogP contribution < -0.4 is 15.2 Å². The first-order chi connectivity index (χ1) is 12.7. The fourth-order valence-electron chi connectivity index (χ4n) is 3.82. The second-order valence-corrected chi connectivity index (χ2v) is 7.48. The third-order valence-electron chi connectivity index (χ3n) is 5.22. The van der Waals surface area contributed by atoms with Crippen molar-refractivity contribution in [1.82, 2.24) is 9.88 Å². The van der Waals surface area contributed by atoms with Crippen molar-refractivity contribution in [3.63, 3.8) is 0 Å². The lowest BCUT2D eigenvalue weighted by Crippen LogP contribution is -2.34. The molecule has 26 heavy (non-hydrogen) atoms. The SMILES string of the molecule is Nc1c(Cl)cc(CC2CCN(Cc3cccnc3)CC2)c2c1OCCO2. The number of rotatable bonds is 4. The number of benzene rings is 1. The molecule has 0 amide bonds. The van der Waals surface area contributed by atoms with Gasteiger partial charge in [-0.1, -0.05) is 17.7 Å². The average Bonchev–Trinajstić information content (AvgIpc) is 2.68. The van der Waals surface area contributed by atoms with Crippen LogP contribution in [0.25, 0.3) is 0 Å². The molecule has 1 saturated heterocycles. The molecule has 2 aromatic rings. The first-order valence-electron chi connectivity index (χ1n) is 9.18.